The molecule has 114 valence electrons. The zero-order valence-electron chi connectivity index (χ0n) is 11.8. The smallest absolute Gasteiger partial charge is 0.287 e. The van der Waals surface area contributed by atoms with Crippen LogP contribution in [0.15, 0.2) is 36.7 Å². The van der Waals surface area contributed by atoms with E-state index in [9.17, 15) is 18.0 Å². The van der Waals surface area contributed by atoms with Crippen LogP contribution in [0, 0.1) is 6.92 Å². The van der Waals surface area contributed by atoms with Crippen molar-refractivity contribution in [1.82, 2.24) is 9.88 Å². The second-order valence-corrected chi connectivity index (χ2v) is 5.21. The molecule has 0 fully saturated rings. The Morgan fingerprint density at radius 2 is 2.00 bits per heavy atom. The van der Waals surface area contributed by atoms with Gasteiger partial charge in [0.2, 0.25) is 6.30 Å². The van der Waals surface area contributed by atoms with E-state index in [1.165, 1.54) is 0 Å². The minimum absolute atomic E-state index is 0.144. The van der Waals surface area contributed by atoms with E-state index in [0.717, 1.165) is 11.1 Å². The van der Waals surface area contributed by atoms with Gasteiger partial charge in [0.25, 0.3) is 12.3 Å². The summed E-state index contributed by atoms with van der Waals surface area (Å²) in [5.41, 5.74) is 3.20. The molecule has 6 heteroatoms. The third kappa shape index (κ3) is 2.34. The van der Waals surface area contributed by atoms with Gasteiger partial charge >= 0.3 is 0 Å². The maximum atomic E-state index is 13.5. The molecule has 0 saturated carbocycles. The summed E-state index contributed by atoms with van der Waals surface area (Å²) in [5.74, 6) is -0.682. The molecule has 0 saturated heterocycles. The largest absolute Gasteiger partial charge is 0.299 e. The average molecular weight is 306 g/mol. The second kappa shape index (κ2) is 5.44. The number of carbonyl (C=O) groups excluding carboxylic acids is 1. The topological polar surface area (TPSA) is 33.2 Å². The quantitative estimate of drug-likeness (QED) is 0.812. The van der Waals surface area contributed by atoms with Crippen molar-refractivity contribution >= 4 is 5.91 Å². The number of benzene rings is 1. The van der Waals surface area contributed by atoms with Gasteiger partial charge in [-0.15, -0.1) is 0 Å². The minimum atomic E-state index is -3.21. The second-order valence-electron chi connectivity index (χ2n) is 5.21. The van der Waals surface area contributed by atoms with E-state index < -0.39 is 18.6 Å². The first-order chi connectivity index (χ1) is 10.5. The maximum Gasteiger partial charge on any atom is 0.287 e. The fraction of sp³-hybridized carbons (Fsp3) is 0.250. The molecule has 1 aliphatic rings. The Kier molecular flexibility index (Phi) is 3.60. The molecule has 0 spiro atoms. The van der Waals surface area contributed by atoms with Crippen molar-refractivity contribution < 1.29 is 18.0 Å². The molecular formula is C16H13F3N2O. The Labute approximate surface area is 125 Å². The predicted molar refractivity (Wildman–Crippen MR) is 75.2 cm³/mol. The van der Waals surface area contributed by atoms with Crippen molar-refractivity contribution in [3.63, 3.8) is 0 Å². The minimum Gasteiger partial charge on any atom is -0.299 e. The van der Waals surface area contributed by atoms with Crippen LogP contribution in [0.2, 0.25) is 0 Å². The lowest BCUT2D eigenvalue weighted by atomic mass is 9.97. The van der Waals surface area contributed by atoms with Gasteiger partial charge in [-0.25, -0.2) is 13.2 Å². The number of carbonyl (C=O) groups is 1. The van der Waals surface area contributed by atoms with Crippen molar-refractivity contribution in [2.45, 2.75) is 26.2 Å². The van der Waals surface area contributed by atoms with Crippen LogP contribution in [-0.2, 0) is 6.54 Å². The molecule has 3 rings (SSSR count). The molecule has 0 radical (unpaired) electrons. The number of nitrogens with zero attached hydrogens (tertiary/aromatic N) is 2. The molecule has 1 aliphatic heterocycles. The van der Waals surface area contributed by atoms with Crippen LogP contribution in [0.25, 0.3) is 11.1 Å². The lowest BCUT2D eigenvalue weighted by molar-refractivity contribution is -0.0367. The Balaban J connectivity index is 2.02. The van der Waals surface area contributed by atoms with Crippen LogP contribution < -0.4 is 0 Å². The third-order valence-electron chi connectivity index (χ3n) is 3.73. The number of pyridine rings is 1. The Bertz CT molecular complexity index is 719. The van der Waals surface area contributed by atoms with Crippen molar-refractivity contribution in [3.05, 3.63) is 53.3 Å². The molecule has 1 amide bonds. The molecule has 0 aliphatic carbocycles. The summed E-state index contributed by atoms with van der Waals surface area (Å²) in [7, 11) is 0. The number of aryl methyl sites for hydroxylation is 1. The van der Waals surface area contributed by atoms with Gasteiger partial charge in [-0.1, -0.05) is 12.1 Å². The van der Waals surface area contributed by atoms with Gasteiger partial charge < -0.3 is 0 Å². The van der Waals surface area contributed by atoms with E-state index in [2.05, 4.69) is 4.98 Å². The summed E-state index contributed by atoms with van der Waals surface area (Å²) < 4.78 is 38.6. The number of hydrogen-bond acceptors (Lipinski definition) is 2. The summed E-state index contributed by atoms with van der Waals surface area (Å²) in [6.45, 7) is 1.57. The third-order valence-corrected chi connectivity index (χ3v) is 3.73. The zero-order valence-corrected chi connectivity index (χ0v) is 11.8. The molecule has 0 N–H and O–H groups in total. The van der Waals surface area contributed by atoms with Gasteiger partial charge in [-0.2, -0.15) is 0 Å². The summed E-state index contributed by atoms with van der Waals surface area (Å²) in [6, 6.07) is 7.16. The van der Waals surface area contributed by atoms with Crippen molar-refractivity contribution in [2.24, 2.45) is 0 Å². The highest BCUT2D eigenvalue weighted by Gasteiger charge is 2.38. The highest BCUT2D eigenvalue weighted by molar-refractivity contribution is 6.00. The zero-order chi connectivity index (χ0) is 15.9. The first-order valence-corrected chi connectivity index (χ1v) is 6.76. The molecule has 1 aromatic carbocycles. The van der Waals surface area contributed by atoms with Crippen molar-refractivity contribution in [3.8, 4) is 11.1 Å². The van der Waals surface area contributed by atoms with Gasteiger partial charge in [-0.05, 0) is 35.7 Å². The van der Waals surface area contributed by atoms with Crippen molar-refractivity contribution in [1.29, 1.82) is 0 Å². The molecule has 1 aromatic heterocycles. The van der Waals surface area contributed by atoms with Gasteiger partial charge in [0, 0.05) is 30.1 Å². The van der Waals surface area contributed by atoms with E-state index in [-0.39, 0.29) is 6.54 Å². The number of fused-ring (bicyclic) bond motifs is 1. The fourth-order valence-corrected chi connectivity index (χ4v) is 2.73. The number of rotatable bonds is 3. The van der Waals surface area contributed by atoms with Gasteiger partial charge in [0.05, 0.1) is 0 Å². The summed E-state index contributed by atoms with van der Waals surface area (Å²) >= 11 is 0. The molecule has 3 nitrogen and oxygen atoms in total. The van der Waals surface area contributed by atoms with E-state index >= 15 is 0 Å². The predicted octanol–water partition coefficient (Wildman–Crippen LogP) is 3.57. The molecule has 22 heavy (non-hydrogen) atoms. The summed E-state index contributed by atoms with van der Waals surface area (Å²) in [4.78, 5) is 16.8. The van der Waals surface area contributed by atoms with E-state index in [1.54, 1.807) is 37.5 Å². The molecule has 1 unspecified atom stereocenters. The lowest BCUT2D eigenvalue weighted by Gasteiger charge is -2.19. The first-order valence-electron chi connectivity index (χ1n) is 6.76. The van der Waals surface area contributed by atoms with Crippen LogP contribution in [0.4, 0.5) is 13.2 Å². The SMILES string of the molecule is Cc1cc(-c2cccnc2)cc2c1C(=O)N(C(F)C(F)F)C2. The van der Waals surface area contributed by atoms with Crippen LogP contribution in [0.3, 0.4) is 0 Å². The summed E-state index contributed by atoms with van der Waals surface area (Å²) in [5, 5.41) is 0. The maximum absolute atomic E-state index is 13.5. The Hall–Kier alpha value is -2.37. The highest BCUT2D eigenvalue weighted by Crippen LogP contribution is 2.33. The Morgan fingerprint density at radius 1 is 1.23 bits per heavy atom. The standard InChI is InChI=1S/C16H13F3N2O/c1-9-5-11(10-3-2-4-20-7-10)6-12-8-21(15(19)14(17)18)16(22)13(9)12/h2-7,14-15H,8H2,1H3. The van der Waals surface area contributed by atoms with Gasteiger partial charge in [-0.3, -0.25) is 14.7 Å². The molecule has 2 heterocycles. The van der Waals surface area contributed by atoms with Gasteiger partial charge in [0.15, 0.2) is 0 Å². The first kappa shape index (κ1) is 14.6. The molecule has 0 bridgehead atoms. The number of halogens is 3. The van der Waals surface area contributed by atoms with Gasteiger partial charge in [0.1, 0.15) is 0 Å². The molecule has 1 atom stereocenters. The number of hydrogen-bond donors (Lipinski definition) is 0. The van der Waals surface area contributed by atoms with E-state index in [4.69, 9.17) is 0 Å². The summed E-state index contributed by atoms with van der Waals surface area (Å²) in [6.07, 6.45) is -2.48. The van der Waals surface area contributed by atoms with Crippen molar-refractivity contribution in [2.75, 3.05) is 0 Å². The van der Waals surface area contributed by atoms with Crippen LogP contribution in [-0.4, -0.2) is 28.5 Å². The number of amides is 1. The van der Waals surface area contributed by atoms with Crippen LogP contribution >= 0.6 is 0 Å². The Morgan fingerprint density at radius 3 is 2.64 bits per heavy atom. The van der Waals surface area contributed by atoms with Crippen LogP contribution in [0.5, 0.6) is 0 Å². The lowest BCUT2D eigenvalue weighted by Crippen LogP contribution is -2.37. The number of aromatic nitrogens is 1. The highest BCUT2D eigenvalue weighted by atomic mass is 19.3. The average Bonchev–Trinajstić information content (AvgIpc) is 2.84. The van der Waals surface area contributed by atoms with E-state index in [1.807, 2.05) is 6.07 Å². The normalized spacial score (nSPS) is 15.3. The molecular weight excluding hydrogens is 293 g/mol. The van der Waals surface area contributed by atoms with Crippen LogP contribution in [0.1, 0.15) is 21.5 Å². The number of alkyl halides is 3. The van der Waals surface area contributed by atoms with E-state index in [0.29, 0.717) is 21.6 Å². The fourth-order valence-electron chi connectivity index (χ4n) is 2.73. The molecule has 2 aromatic rings. The monoisotopic (exact) mass is 306 g/mol.